The molecular weight excluding hydrogens is 274 g/mol. The molecule has 0 spiro atoms. The van der Waals surface area contributed by atoms with E-state index in [1.165, 1.54) is 12.3 Å². The number of fused-ring (bicyclic) bond motifs is 3. The zero-order valence-electron chi connectivity index (χ0n) is 12.2. The molecule has 0 aliphatic carbocycles. The Morgan fingerprint density at radius 2 is 2.19 bits per heavy atom. The maximum atomic E-state index is 14.4. The Morgan fingerprint density at radius 3 is 2.86 bits per heavy atom. The summed E-state index contributed by atoms with van der Waals surface area (Å²) in [5.41, 5.74) is 0.0866. The van der Waals surface area contributed by atoms with Crippen molar-refractivity contribution in [3.8, 4) is 6.07 Å². The molecule has 0 radical (unpaired) electrons. The molecule has 1 aromatic heterocycles. The van der Waals surface area contributed by atoms with E-state index in [4.69, 9.17) is 5.26 Å². The van der Waals surface area contributed by atoms with E-state index in [0.29, 0.717) is 24.9 Å². The summed E-state index contributed by atoms with van der Waals surface area (Å²) < 4.78 is 28.8. The van der Waals surface area contributed by atoms with Gasteiger partial charge in [-0.05, 0) is 19.9 Å². The maximum absolute atomic E-state index is 14.4. The van der Waals surface area contributed by atoms with E-state index in [0.717, 1.165) is 6.54 Å². The second-order valence-corrected chi connectivity index (χ2v) is 6.05. The van der Waals surface area contributed by atoms with Gasteiger partial charge in [0.2, 0.25) is 0 Å². The van der Waals surface area contributed by atoms with E-state index in [-0.39, 0.29) is 23.6 Å². The predicted octanol–water partition coefficient (Wildman–Crippen LogP) is 2.35. The first-order chi connectivity index (χ1) is 9.92. The number of hydrogen-bond acceptors (Lipinski definition) is 4. The highest BCUT2D eigenvalue weighted by molar-refractivity contribution is 5.56. The third-order valence-corrected chi connectivity index (χ3v) is 4.40. The summed E-state index contributed by atoms with van der Waals surface area (Å²) in [5, 5.41) is 8.88. The van der Waals surface area contributed by atoms with Crippen LogP contribution in [0.15, 0.2) is 12.3 Å². The van der Waals surface area contributed by atoms with Crippen molar-refractivity contribution in [3.05, 3.63) is 23.4 Å². The van der Waals surface area contributed by atoms with E-state index in [1.807, 2.05) is 11.0 Å². The standard InChI is InChI=1S/C15H18F2N4/c1-10(2)20-3-4-21-12(9-20)6-15(16,17)13-5-11(7-18)8-19-14(13)21/h5,8,10,12H,3-4,6,9H2,1-2H3/t12-/m1/s1. The third kappa shape index (κ3) is 2.36. The van der Waals surface area contributed by atoms with Crippen molar-refractivity contribution in [2.45, 2.75) is 38.3 Å². The number of anilines is 1. The molecule has 2 aliphatic rings. The van der Waals surface area contributed by atoms with Gasteiger partial charge in [-0.15, -0.1) is 0 Å². The largest absolute Gasteiger partial charge is 0.350 e. The Hall–Kier alpha value is -1.74. The lowest BCUT2D eigenvalue weighted by Crippen LogP contribution is -2.58. The van der Waals surface area contributed by atoms with Crippen molar-refractivity contribution in [1.29, 1.82) is 5.26 Å². The SMILES string of the molecule is CC(C)N1CCN2c3ncc(C#N)cc3C(F)(F)C[C@@H]2C1. The van der Waals surface area contributed by atoms with Crippen molar-refractivity contribution in [2.24, 2.45) is 0 Å². The molecule has 1 fully saturated rings. The lowest BCUT2D eigenvalue weighted by Gasteiger charge is -2.48. The fraction of sp³-hybridized carbons (Fsp3) is 0.600. The summed E-state index contributed by atoms with van der Waals surface area (Å²) in [7, 11) is 0. The molecule has 21 heavy (non-hydrogen) atoms. The lowest BCUT2D eigenvalue weighted by molar-refractivity contribution is -0.0337. The molecule has 1 aromatic rings. The van der Waals surface area contributed by atoms with E-state index >= 15 is 0 Å². The molecule has 0 unspecified atom stereocenters. The molecule has 112 valence electrons. The predicted molar refractivity (Wildman–Crippen MR) is 75.3 cm³/mol. The van der Waals surface area contributed by atoms with Crippen molar-refractivity contribution in [1.82, 2.24) is 9.88 Å². The molecule has 0 aromatic carbocycles. The maximum Gasteiger partial charge on any atom is 0.278 e. The fourth-order valence-corrected chi connectivity index (χ4v) is 3.22. The van der Waals surface area contributed by atoms with Gasteiger partial charge in [-0.2, -0.15) is 5.26 Å². The van der Waals surface area contributed by atoms with Gasteiger partial charge in [0, 0.05) is 44.3 Å². The second kappa shape index (κ2) is 4.92. The van der Waals surface area contributed by atoms with Crippen LogP contribution in [-0.2, 0) is 5.92 Å². The highest BCUT2D eigenvalue weighted by Crippen LogP contribution is 2.45. The van der Waals surface area contributed by atoms with Crippen LogP contribution < -0.4 is 4.90 Å². The van der Waals surface area contributed by atoms with Crippen LogP contribution in [0.1, 0.15) is 31.4 Å². The summed E-state index contributed by atoms with van der Waals surface area (Å²) >= 11 is 0. The van der Waals surface area contributed by atoms with E-state index in [2.05, 4.69) is 23.7 Å². The minimum atomic E-state index is -2.92. The van der Waals surface area contributed by atoms with Gasteiger partial charge in [-0.3, -0.25) is 4.90 Å². The number of hydrogen-bond donors (Lipinski definition) is 0. The van der Waals surface area contributed by atoms with Gasteiger partial charge in [0.25, 0.3) is 5.92 Å². The van der Waals surface area contributed by atoms with Crippen LogP contribution in [0.2, 0.25) is 0 Å². The molecule has 3 heterocycles. The van der Waals surface area contributed by atoms with E-state index in [1.54, 1.807) is 0 Å². The molecule has 3 rings (SSSR count). The first-order valence-corrected chi connectivity index (χ1v) is 7.21. The van der Waals surface area contributed by atoms with Crippen molar-refractivity contribution < 1.29 is 8.78 Å². The number of rotatable bonds is 1. The molecule has 1 saturated heterocycles. The Balaban J connectivity index is 1.98. The molecule has 4 nitrogen and oxygen atoms in total. The topological polar surface area (TPSA) is 43.2 Å². The van der Waals surface area contributed by atoms with Crippen molar-refractivity contribution >= 4 is 5.82 Å². The van der Waals surface area contributed by atoms with Crippen LogP contribution in [0.25, 0.3) is 0 Å². The van der Waals surface area contributed by atoms with Gasteiger partial charge in [0.15, 0.2) is 0 Å². The van der Waals surface area contributed by atoms with Crippen LogP contribution in [0.3, 0.4) is 0 Å². The van der Waals surface area contributed by atoms with Crippen LogP contribution in [-0.4, -0.2) is 41.6 Å². The molecular formula is C15H18F2N4. The van der Waals surface area contributed by atoms with E-state index < -0.39 is 5.92 Å². The van der Waals surface area contributed by atoms with Crippen LogP contribution in [0.4, 0.5) is 14.6 Å². The zero-order valence-corrected chi connectivity index (χ0v) is 12.2. The second-order valence-electron chi connectivity index (χ2n) is 6.05. The molecule has 0 amide bonds. The Bertz CT molecular complexity index is 594. The Labute approximate surface area is 123 Å². The molecule has 0 saturated carbocycles. The minimum absolute atomic E-state index is 0.101. The average Bonchev–Trinajstić information content (AvgIpc) is 2.45. The van der Waals surface area contributed by atoms with Crippen molar-refractivity contribution in [2.75, 3.05) is 24.5 Å². The van der Waals surface area contributed by atoms with Crippen molar-refractivity contribution in [3.63, 3.8) is 0 Å². The number of halogens is 2. The highest BCUT2D eigenvalue weighted by atomic mass is 19.3. The Kier molecular flexibility index (Phi) is 3.33. The summed E-state index contributed by atoms with van der Waals surface area (Å²) in [5.74, 6) is -2.57. The number of nitriles is 1. The van der Waals surface area contributed by atoms with Gasteiger partial charge in [0.05, 0.1) is 11.1 Å². The van der Waals surface area contributed by atoms with Gasteiger partial charge in [0.1, 0.15) is 11.9 Å². The molecule has 6 heteroatoms. The lowest BCUT2D eigenvalue weighted by atomic mass is 9.92. The van der Waals surface area contributed by atoms with Crippen LogP contribution in [0, 0.1) is 11.3 Å². The zero-order chi connectivity index (χ0) is 15.2. The molecule has 0 bridgehead atoms. The van der Waals surface area contributed by atoms with E-state index in [9.17, 15) is 8.78 Å². The molecule has 2 aliphatic heterocycles. The third-order valence-electron chi connectivity index (χ3n) is 4.40. The minimum Gasteiger partial charge on any atom is -0.350 e. The highest BCUT2D eigenvalue weighted by Gasteiger charge is 2.47. The summed E-state index contributed by atoms with van der Waals surface area (Å²) in [6.45, 7) is 6.35. The van der Waals surface area contributed by atoms with Crippen LogP contribution in [0.5, 0.6) is 0 Å². The molecule has 1 atom stereocenters. The van der Waals surface area contributed by atoms with Gasteiger partial charge in [-0.1, -0.05) is 0 Å². The van der Waals surface area contributed by atoms with Gasteiger partial charge >= 0.3 is 0 Å². The van der Waals surface area contributed by atoms with Gasteiger partial charge < -0.3 is 4.90 Å². The summed E-state index contributed by atoms with van der Waals surface area (Å²) in [4.78, 5) is 8.35. The number of alkyl halides is 2. The monoisotopic (exact) mass is 292 g/mol. The fourth-order valence-electron chi connectivity index (χ4n) is 3.22. The smallest absolute Gasteiger partial charge is 0.278 e. The first kappa shape index (κ1) is 14.2. The first-order valence-electron chi connectivity index (χ1n) is 7.21. The normalized spacial score (nSPS) is 24.4. The Morgan fingerprint density at radius 1 is 1.43 bits per heavy atom. The van der Waals surface area contributed by atoms with Gasteiger partial charge in [-0.25, -0.2) is 13.8 Å². The average molecular weight is 292 g/mol. The summed E-state index contributed by atoms with van der Waals surface area (Å²) in [6.07, 6.45) is 1.17. The quantitative estimate of drug-likeness (QED) is 0.797. The number of piperazine rings is 1. The number of pyridine rings is 1. The molecule has 0 N–H and O–H groups in total. The number of nitrogens with zero attached hydrogens (tertiary/aromatic N) is 4. The number of aromatic nitrogens is 1. The summed E-state index contributed by atoms with van der Waals surface area (Å²) in [6, 6.07) is 3.31. The van der Waals surface area contributed by atoms with Crippen LogP contribution >= 0.6 is 0 Å².